The van der Waals surface area contributed by atoms with E-state index in [0.29, 0.717) is 11.5 Å². The zero-order valence-corrected chi connectivity index (χ0v) is 18.4. The number of anilines is 1. The van der Waals surface area contributed by atoms with E-state index in [1.807, 2.05) is 0 Å². The standard InChI is InChI=1S/C24H31N3O3/c1-6-11-27-21-13-22(30-5)18(12-20(21)16(2)14-24(27,3)4)15-25-26-23(29)17-7-9-19(28)10-8-17/h7-10,12-13,15-16,28H,6,11,14H2,1-5H3,(H,26,29)/b25-15-. The number of carbonyl (C=O) groups excluding carboxylic acids is 1. The molecule has 0 bridgehead atoms. The van der Waals surface area contributed by atoms with Crippen LogP contribution >= 0.6 is 0 Å². The number of ether oxygens (including phenoxy) is 1. The summed E-state index contributed by atoms with van der Waals surface area (Å²) in [6.07, 6.45) is 3.76. The van der Waals surface area contributed by atoms with Crippen molar-refractivity contribution in [3.8, 4) is 11.5 Å². The monoisotopic (exact) mass is 409 g/mol. The summed E-state index contributed by atoms with van der Waals surface area (Å²) in [6, 6.07) is 10.2. The fourth-order valence-corrected chi connectivity index (χ4v) is 4.29. The minimum absolute atomic E-state index is 0.0845. The molecule has 0 radical (unpaired) electrons. The van der Waals surface area contributed by atoms with Gasteiger partial charge < -0.3 is 14.7 Å². The Morgan fingerprint density at radius 2 is 2.03 bits per heavy atom. The Balaban J connectivity index is 1.87. The predicted molar refractivity (Wildman–Crippen MR) is 121 cm³/mol. The third-order valence-corrected chi connectivity index (χ3v) is 5.68. The molecule has 160 valence electrons. The Morgan fingerprint density at radius 1 is 1.33 bits per heavy atom. The molecular weight excluding hydrogens is 378 g/mol. The van der Waals surface area contributed by atoms with E-state index < -0.39 is 0 Å². The van der Waals surface area contributed by atoms with Crippen LogP contribution < -0.4 is 15.1 Å². The highest BCUT2D eigenvalue weighted by Gasteiger charge is 2.36. The van der Waals surface area contributed by atoms with Crippen LogP contribution in [0, 0.1) is 0 Å². The van der Waals surface area contributed by atoms with Crippen LogP contribution in [0.4, 0.5) is 5.69 Å². The fraction of sp³-hybridized carbons (Fsp3) is 0.417. The third-order valence-electron chi connectivity index (χ3n) is 5.68. The largest absolute Gasteiger partial charge is 0.508 e. The van der Waals surface area contributed by atoms with Crippen molar-refractivity contribution < 1.29 is 14.6 Å². The third kappa shape index (κ3) is 4.42. The van der Waals surface area contributed by atoms with Gasteiger partial charge in [-0.25, -0.2) is 5.43 Å². The van der Waals surface area contributed by atoms with Crippen LogP contribution in [-0.2, 0) is 0 Å². The molecule has 1 unspecified atom stereocenters. The van der Waals surface area contributed by atoms with Gasteiger partial charge in [-0.05, 0) is 68.5 Å². The van der Waals surface area contributed by atoms with Gasteiger partial charge in [-0.15, -0.1) is 0 Å². The molecule has 6 heteroatoms. The zero-order valence-electron chi connectivity index (χ0n) is 18.4. The normalized spacial score (nSPS) is 17.6. The number of benzene rings is 2. The van der Waals surface area contributed by atoms with Gasteiger partial charge in [-0.2, -0.15) is 5.10 Å². The molecule has 0 fully saturated rings. The van der Waals surface area contributed by atoms with E-state index in [1.165, 1.54) is 23.4 Å². The first-order chi connectivity index (χ1) is 14.3. The number of hydrazone groups is 1. The van der Waals surface area contributed by atoms with Crippen molar-refractivity contribution >= 4 is 17.8 Å². The first-order valence-electron chi connectivity index (χ1n) is 10.4. The minimum atomic E-state index is -0.340. The van der Waals surface area contributed by atoms with Crippen molar-refractivity contribution in [2.45, 2.75) is 52.0 Å². The van der Waals surface area contributed by atoms with E-state index in [0.717, 1.165) is 30.7 Å². The Hall–Kier alpha value is -3.02. The molecule has 0 saturated carbocycles. The molecular formula is C24H31N3O3. The molecule has 1 amide bonds. The van der Waals surface area contributed by atoms with Gasteiger partial charge in [-0.3, -0.25) is 4.79 Å². The maximum atomic E-state index is 12.2. The number of nitrogens with one attached hydrogen (secondary N) is 1. The van der Waals surface area contributed by atoms with Gasteiger partial charge in [-0.1, -0.05) is 13.8 Å². The summed E-state index contributed by atoms with van der Waals surface area (Å²) in [7, 11) is 1.65. The second-order valence-electron chi connectivity index (χ2n) is 8.47. The topological polar surface area (TPSA) is 74.2 Å². The Morgan fingerprint density at radius 3 is 2.67 bits per heavy atom. The smallest absolute Gasteiger partial charge is 0.271 e. The van der Waals surface area contributed by atoms with E-state index in [1.54, 1.807) is 25.5 Å². The van der Waals surface area contributed by atoms with Crippen molar-refractivity contribution in [3.05, 3.63) is 53.1 Å². The molecule has 2 N–H and O–H groups in total. The molecule has 30 heavy (non-hydrogen) atoms. The van der Waals surface area contributed by atoms with Gasteiger partial charge in [0.15, 0.2) is 0 Å². The molecule has 6 nitrogen and oxygen atoms in total. The molecule has 0 aromatic heterocycles. The molecule has 1 atom stereocenters. The Bertz CT molecular complexity index is 935. The average Bonchev–Trinajstić information content (AvgIpc) is 2.71. The number of rotatable bonds is 6. The summed E-state index contributed by atoms with van der Waals surface area (Å²) in [5.74, 6) is 0.908. The molecule has 0 saturated heterocycles. The SMILES string of the molecule is CCCN1c2cc(OC)c(/C=N\NC(=O)c3ccc(O)cc3)cc2C(C)CC1(C)C. The molecule has 1 heterocycles. The number of phenolic OH excluding ortho intramolecular Hbond substituents is 1. The fourth-order valence-electron chi connectivity index (χ4n) is 4.29. The number of hydrogen-bond donors (Lipinski definition) is 2. The van der Waals surface area contributed by atoms with Crippen LogP contribution in [0.5, 0.6) is 11.5 Å². The number of nitrogens with zero attached hydrogens (tertiary/aromatic N) is 2. The second-order valence-corrected chi connectivity index (χ2v) is 8.47. The lowest BCUT2D eigenvalue weighted by atomic mass is 9.79. The first kappa shape index (κ1) is 21.7. The molecule has 0 aliphatic carbocycles. The number of hydrogen-bond acceptors (Lipinski definition) is 5. The molecule has 2 aromatic carbocycles. The number of methoxy groups -OCH3 is 1. The Kier molecular flexibility index (Phi) is 6.34. The van der Waals surface area contributed by atoms with Crippen LogP contribution in [-0.4, -0.2) is 36.4 Å². The molecule has 2 aromatic rings. The van der Waals surface area contributed by atoms with E-state index in [9.17, 15) is 9.90 Å². The number of fused-ring (bicyclic) bond motifs is 1. The quantitative estimate of drug-likeness (QED) is 0.537. The van der Waals surface area contributed by atoms with E-state index >= 15 is 0 Å². The van der Waals surface area contributed by atoms with E-state index in [4.69, 9.17) is 4.74 Å². The van der Waals surface area contributed by atoms with Gasteiger partial charge in [0.2, 0.25) is 0 Å². The predicted octanol–water partition coefficient (Wildman–Crippen LogP) is 4.67. The van der Waals surface area contributed by atoms with Gasteiger partial charge in [0.1, 0.15) is 11.5 Å². The van der Waals surface area contributed by atoms with Gasteiger partial charge in [0.25, 0.3) is 5.91 Å². The van der Waals surface area contributed by atoms with Crippen LogP contribution in [0.1, 0.15) is 67.9 Å². The first-order valence-corrected chi connectivity index (χ1v) is 10.4. The highest BCUT2D eigenvalue weighted by atomic mass is 16.5. The van der Waals surface area contributed by atoms with Crippen LogP contribution in [0.15, 0.2) is 41.5 Å². The molecule has 0 spiro atoms. The Labute approximate surface area is 178 Å². The number of aromatic hydroxyl groups is 1. The number of amides is 1. The second kappa shape index (κ2) is 8.78. The summed E-state index contributed by atoms with van der Waals surface area (Å²) in [6.45, 7) is 10.0. The van der Waals surface area contributed by atoms with Crippen molar-refractivity contribution in [1.82, 2.24) is 5.43 Å². The lowest BCUT2D eigenvalue weighted by Gasteiger charge is -2.47. The summed E-state index contributed by atoms with van der Waals surface area (Å²) in [5, 5.41) is 13.5. The van der Waals surface area contributed by atoms with Crippen molar-refractivity contribution in [3.63, 3.8) is 0 Å². The van der Waals surface area contributed by atoms with Gasteiger partial charge in [0, 0.05) is 35.0 Å². The minimum Gasteiger partial charge on any atom is -0.508 e. The molecule has 1 aliphatic heterocycles. The van der Waals surface area contributed by atoms with Crippen LogP contribution in [0.2, 0.25) is 0 Å². The molecule has 3 rings (SSSR count). The lowest BCUT2D eigenvalue weighted by molar-refractivity contribution is 0.0955. The molecule has 1 aliphatic rings. The summed E-state index contributed by atoms with van der Waals surface area (Å²) < 4.78 is 5.64. The van der Waals surface area contributed by atoms with Crippen LogP contribution in [0.3, 0.4) is 0 Å². The number of carbonyl (C=O) groups is 1. The number of phenols is 1. The lowest BCUT2D eigenvalue weighted by Crippen LogP contribution is -2.48. The highest BCUT2D eigenvalue weighted by Crippen LogP contribution is 2.45. The maximum Gasteiger partial charge on any atom is 0.271 e. The van der Waals surface area contributed by atoms with Crippen molar-refractivity contribution in [2.75, 3.05) is 18.6 Å². The van der Waals surface area contributed by atoms with Crippen LogP contribution in [0.25, 0.3) is 0 Å². The maximum absolute atomic E-state index is 12.2. The average molecular weight is 410 g/mol. The van der Waals surface area contributed by atoms with E-state index in [2.05, 4.69) is 55.3 Å². The van der Waals surface area contributed by atoms with Crippen molar-refractivity contribution in [1.29, 1.82) is 0 Å². The van der Waals surface area contributed by atoms with Crippen molar-refractivity contribution in [2.24, 2.45) is 5.10 Å². The van der Waals surface area contributed by atoms with Gasteiger partial charge >= 0.3 is 0 Å². The summed E-state index contributed by atoms with van der Waals surface area (Å²) in [5.41, 5.74) is 6.35. The van der Waals surface area contributed by atoms with Gasteiger partial charge in [0.05, 0.1) is 13.3 Å². The zero-order chi connectivity index (χ0) is 21.9. The summed E-state index contributed by atoms with van der Waals surface area (Å²) in [4.78, 5) is 14.7. The van der Waals surface area contributed by atoms with E-state index in [-0.39, 0.29) is 17.2 Å². The summed E-state index contributed by atoms with van der Waals surface area (Å²) >= 11 is 0. The highest BCUT2D eigenvalue weighted by molar-refractivity contribution is 5.95.